The van der Waals surface area contributed by atoms with Gasteiger partial charge in [0.2, 0.25) is 0 Å². The Morgan fingerprint density at radius 2 is 1.85 bits per heavy atom. The SMILES string of the molecule is CCCCCCC1CCCN(CC2CCCCC2NC(=O)OC(C)(C)C)C1. The summed E-state index contributed by atoms with van der Waals surface area (Å²) in [5.41, 5.74) is -0.424. The van der Waals surface area contributed by atoms with Crippen molar-refractivity contribution in [3.63, 3.8) is 0 Å². The summed E-state index contributed by atoms with van der Waals surface area (Å²) in [6, 6.07) is 0.276. The van der Waals surface area contributed by atoms with Gasteiger partial charge < -0.3 is 15.0 Å². The van der Waals surface area contributed by atoms with Crippen molar-refractivity contribution in [2.75, 3.05) is 19.6 Å². The van der Waals surface area contributed by atoms with Gasteiger partial charge in [-0.25, -0.2) is 4.79 Å². The van der Waals surface area contributed by atoms with E-state index in [0.717, 1.165) is 18.9 Å². The molecule has 1 amide bonds. The molecule has 4 heteroatoms. The summed E-state index contributed by atoms with van der Waals surface area (Å²) in [7, 11) is 0. The second-order valence-corrected chi connectivity index (χ2v) is 9.91. The fourth-order valence-electron chi connectivity index (χ4n) is 4.82. The van der Waals surface area contributed by atoms with Gasteiger partial charge in [-0.05, 0) is 71.3 Å². The molecule has 1 heterocycles. The maximum absolute atomic E-state index is 12.2. The zero-order chi connectivity index (χ0) is 19.7. The number of carbonyl (C=O) groups excluding carboxylic acids is 1. The fraction of sp³-hybridized carbons (Fsp3) is 0.957. The van der Waals surface area contributed by atoms with Gasteiger partial charge in [0.1, 0.15) is 5.60 Å². The minimum atomic E-state index is -0.424. The van der Waals surface area contributed by atoms with Crippen LogP contribution < -0.4 is 5.32 Å². The first-order valence-corrected chi connectivity index (χ1v) is 11.6. The second kappa shape index (κ2) is 11.3. The van der Waals surface area contributed by atoms with E-state index in [0.29, 0.717) is 5.92 Å². The molecule has 1 saturated heterocycles. The molecular weight excluding hydrogens is 336 g/mol. The Hall–Kier alpha value is -0.770. The molecule has 1 saturated carbocycles. The molecule has 0 spiro atoms. The highest BCUT2D eigenvalue weighted by molar-refractivity contribution is 5.68. The molecule has 0 bridgehead atoms. The van der Waals surface area contributed by atoms with Crippen LogP contribution in [0.1, 0.15) is 98.3 Å². The lowest BCUT2D eigenvalue weighted by atomic mass is 9.83. The standard InChI is InChI=1S/C23H44N2O2/c1-5-6-7-8-12-19-13-11-16-25(17-19)18-20-14-9-10-15-21(20)24-22(26)27-23(2,3)4/h19-21H,5-18H2,1-4H3,(H,24,26). The molecule has 3 atom stereocenters. The molecule has 27 heavy (non-hydrogen) atoms. The Labute approximate surface area is 167 Å². The minimum absolute atomic E-state index is 0.244. The number of ether oxygens (including phenoxy) is 1. The van der Waals surface area contributed by atoms with E-state index in [1.807, 2.05) is 20.8 Å². The van der Waals surface area contributed by atoms with Crippen LogP contribution in [0, 0.1) is 11.8 Å². The van der Waals surface area contributed by atoms with Crippen molar-refractivity contribution in [3.05, 3.63) is 0 Å². The summed E-state index contributed by atoms with van der Waals surface area (Å²) in [6.07, 6.45) is 14.3. The maximum Gasteiger partial charge on any atom is 0.407 e. The number of rotatable bonds is 8. The summed E-state index contributed by atoms with van der Waals surface area (Å²) in [4.78, 5) is 14.9. The molecule has 0 aromatic rings. The van der Waals surface area contributed by atoms with Crippen LogP contribution in [-0.2, 0) is 4.74 Å². The average Bonchev–Trinajstić information content (AvgIpc) is 2.59. The topological polar surface area (TPSA) is 41.6 Å². The molecule has 3 unspecified atom stereocenters. The van der Waals surface area contributed by atoms with Crippen molar-refractivity contribution in [2.24, 2.45) is 11.8 Å². The van der Waals surface area contributed by atoms with Crippen molar-refractivity contribution in [1.82, 2.24) is 10.2 Å². The number of piperidine rings is 1. The molecule has 2 aliphatic rings. The van der Waals surface area contributed by atoms with E-state index in [1.165, 1.54) is 77.3 Å². The Morgan fingerprint density at radius 3 is 2.59 bits per heavy atom. The van der Waals surface area contributed by atoms with Crippen LogP contribution in [-0.4, -0.2) is 42.3 Å². The zero-order valence-electron chi connectivity index (χ0n) is 18.4. The fourth-order valence-corrected chi connectivity index (χ4v) is 4.82. The van der Waals surface area contributed by atoms with E-state index in [9.17, 15) is 4.79 Å². The molecule has 2 rings (SSSR count). The quantitative estimate of drug-likeness (QED) is 0.545. The van der Waals surface area contributed by atoms with Crippen molar-refractivity contribution in [1.29, 1.82) is 0 Å². The zero-order valence-corrected chi connectivity index (χ0v) is 18.4. The normalized spacial score (nSPS) is 27.3. The van der Waals surface area contributed by atoms with Gasteiger partial charge >= 0.3 is 6.09 Å². The predicted molar refractivity (Wildman–Crippen MR) is 113 cm³/mol. The number of unbranched alkanes of at least 4 members (excludes halogenated alkanes) is 3. The summed E-state index contributed by atoms with van der Waals surface area (Å²) in [5, 5.41) is 3.19. The van der Waals surface area contributed by atoms with Gasteiger partial charge in [0.05, 0.1) is 0 Å². The van der Waals surface area contributed by atoms with Crippen LogP contribution in [0.3, 0.4) is 0 Å². The van der Waals surface area contributed by atoms with E-state index in [4.69, 9.17) is 4.74 Å². The number of nitrogens with zero attached hydrogens (tertiary/aromatic N) is 1. The average molecular weight is 381 g/mol. The highest BCUT2D eigenvalue weighted by Gasteiger charge is 2.31. The van der Waals surface area contributed by atoms with Gasteiger partial charge in [-0.3, -0.25) is 0 Å². The molecule has 0 aromatic heterocycles. The van der Waals surface area contributed by atoms with Gasteiger partial charge in [0.15, 0.2) is 0 Å². The van der Waals surface area contributed by atoms with Crippen molar-refractivity contribution < 1.29 is 9.53 Å². The van der Waals surface area contributed by atoms with Crippen LogP contribution in [0.2, 0.25) is 0 Å². The molecule has 1 aliphatic carbocycles. The lowest BCUT2D eigenvalue weighted by Crippen LogP contribution is -2.49. The highest BCUT2D eigenvalue weighted by atomic mass is 16.6. The van der Waals surface area contributed by atoms with Crippen molar-refractivity contribution >= 4 is 6.09 Å². The number of hydrogen-bond acceptors (Lipinski definition) is 3. The largest absolute Gasteiger partial charge is 0.444 e. The first-order valence-electron chi connectivity index (χ1n) is 11.6. The Balaban J connectivity index is 1.79. The number of hydrogen-bond donors (Lipinski definition) is 1. The highest BCUT2D eigenvalue weighted by Crippen LogP contribution is 2.29. The van der Waals surface area contributed by atoms with Crippen molar-refractivity contribution in [3.8, 4) is 0 Å². The van der Waals surface area contributed by atoms with Gasteiger partial charge in [-0.15, -0.1) is 0 Å². The Kier molecular flexibility index (Phi) is 9.41. The third-order valence-electron chi connectivity index (χ3n) is 6.17. The van der Waals surface area contributed by atoms with E-state index in [2.05, 4.69) is 17.1 Å². The summed E-state index contributed by atoms with van der Waals surface area (Å²) in [5.74, 6) is 1.46. The lowest BCUT2D eigenvalue weighted by Gasteiger charge is -2.39. The van der Waals surface area contributed by atoms with Gasteiger partial charge in [-0.2, -0.15) is 0 Å². The molecule has 0 aromatic carbocycles. The van der Waals surface area contributed by atoms with Gasteiger partial charge in [-0.1, -0.05) is 45.4 Å². The third-order valence-corrected chi connectivity index (χ3v) is 6.17. The van der Waals surface area contributed by atoms with E-state index in [1.54, 1.807) is 0 Å². The lowest BCUT2D eigenvalue weighted by molar-refractivity contribution is 0.0443. The number of alkyl carbamates (subject to hydrolysis) is 1. The van der Waals surface area contributed by atoms with Crippen LogP contribution in [0.15, 0.2) is 0 Å². The van der Waals surface area contributed by atoms with E-state index >= 15 is 0 Å². The summed E-state index contributed by atoms with van der Waals surface area (Å²) in [6.45, 7) is 11.7. The predicted octanol–water partition coefficient (Wildman–Crippen LogP) is 5.75. The van der Waals surface area contributed by atoms with E-state index < -0.39 is 5.60 Å². The molecule has 2 fully saturated rings. The molecule has 1 aliphatic heterocycles. The molecule has 0 radical (unpaired) electrons. The molecule has 1 N–H and O–H groups in total. The van der Waals surface area contributed by atoms with Crippen LogP contribution in [0.4, 0.5) is 4.79 Å². The summed E-state index contributed by atoms with van der Waals surface area (Å²) >= 11 is 0. The van der Waals surface area contributed by atoms with Crippen LogP contribution in [0.25, 0.3) is 0 Å². The number of amides is 1. The summed E-state index contributed by atoms with van der Waals surface area (Å²) < 4.78 is 5.50. The van der Waals surface area contributed by atoms with Gasteiger partial charge in [0.25, 0.3) is 0 Å². The monoisotopic (exact) mass is 380 g/mol. The van der Waals surface area contributed by atoms with Gasteiger partial charge in [0, 0.05) is 19.1 Å². The number of nitrogens with one attached hydrogen (secondary N) is 1. The first kappa shape index (κ1) is 22.5. The molecule has 4 nitrogen and oxygen atoms in total. The third kappa shape index (κ3) is 8.85. The second-order valence-electron chi connectivity index (χ2n) is 9.91. The first-order chi connectivity index (χ1) is 12.9. The maximum atomic E-state index is 12.2. The minimum Gasteiger partial charge on any atom is -0.444 e. The Bertz CT molecular complexity index is 433. The Morgan fingerprint density at radius 1 is 1.07 bits per heavy atom. The smallest absolute Gasteiger partial charge is 0.407 e. The van der Waals surface area contributed by atoms with Crippen LogP contribution >= 0.6 is 0 Å². The number of likely N-dealkylation sites (tertiary alicyclic amines) is 1. The van der Waals surface area contributed by atoms with Crippen LogP contribution in [0.5, 0.6) is 0 Å². The number of carbonyl (C=O) groups is 1. The van der Waals surface area contributed by atoms with E-state index in [-0.39, 0.29) is 12.1 Å². The molecule has 158 valence electrons. The van der Waals surface area contributed by atoms with Crippen molar-refractivity contribution in [2.45, 2.75) is 110 Å². The molecular formula is C23H44N2O2.